The summed E-state index contributed by atoms with van der Waals surface area (Å²) in [5.41, 5.74) is 4.48. The molecule has 2 fully saturated rings. The predicted octanol–water partition coefficient (Wildman–Crippen LogP) is 4.39. The fraction of sp³-hybridized carbons (Fsp3) is 0.440. The van der Waals surface area contributed by atoms with Crippen LogP contribution in [0.1, 0.15) is 19.3 Å². The molecule has 2 aliphatic heterocycles. The van der Waals surface area contributed by atoms with E-state index in [4.69, 9.17) is 4.74 Å². The van der Waals surface area contributed by atoms with Gasteiger partial charge >= 0.3 is 0 Å². The number of aromatic nitrogens is 2. The van der Waals surface area contributed by atoms with E-state index in [1.807, 2.05) is 47.3 Å². The lowest BCUT2D eigenvalue weighted by Gasteiger charge is -2.42. The maximum Gasteiger partial charge on any atom is 0.280 e. The molecule has 2 aromatic heterocycles. The van der Waals surface area contributed by atoms with Crippen LogP contribution in [0.2, 0.25) is 0 Å². The number of piperidine rings is 1. The summed E-state index contributed by atoms with van der Waals surface area (Å²) in [6.45, 7) is 0.868. The van der Waals surface area contributed by atoms with Crippen molar-refractivity contribution in [3.63, 3.8) is 0 Å². The molecule has 3 aliphatic rings. The van der Waals surface area contributed by atoms with Gasteiger partial charge in [-0.3, -0.25) is 4.98 Å². The molecule has 4 heterocycles. The Morgan fingerprint density at radius 2 is 1.82 bits per heavy atom. The quantitative estimate of drug-likeness (QED) is 0.586. The number of ether oxygens (including phenoxy) is 1. The molecule has 0 spiro atoms. The molecule has 0 amide bonds. The highest BCUT2D eigenvalue weighted by Crippen LogP contribution is 2.45. The Hall–Kier alpha value is -3.00. The Balaban J connectivity index is 1.40. The van der Waals surface area contributed by atoms with E-state index in [1.54, 1.807) is 18.1 Å². The zero-order chi connectivity index (χ0) is 22.7. The Labute approximate surface area is 191 Å². The normalized spacial score (nSPS) is 22.6. The Kier molecular flexibility index (Phi) is 4.69. The third-order valence-corrected chi connectivity index (χ3v) is 6.89. The molecule has 33 heavy (non-hydrogen) atoms. The van der Waals surface area contributed by atoms with Crippen LogP contribution in [0, 0.1) is 0 Å². The van der Waals surface area contributed by atoms with Crippen LogP contribution in [0.15, 0.2) is 42.7 Å². The molecule has 1 unspecified atom stereocenters. The highest BCUT2D eigenvalue weighted by atomic mass is 19.3. The Morgan fingerprint density at radius 3 is 2.55 bits per heavy atom. The Bertz CT molecular complexity index is 1200. The number of alkyl halides is 2. The van der Waals surface area contributed by atoms with Crippen LogP contribution >= 0.6 is 0 Å². The van der Waals surface area contributed by atoms with Gasteiger partial charge in [0.2, 0.25) is 5.88 Å². The van der Waals surface area contributed by atoms with Crippen LogP contribution in [-0.4, -0.2) is 66.8 Å². The number of nitrogens with zero attached hydrogens (tertiary/aromatic N) is 5. The summed E-state index contributed by atoms with van der Waals surface area (Å²) in [6, 6.07) is 9.07. The lowest BCUT2D eigenvalue weighted by Crippen LogP contribution is -2.58. The fourth-order valence-electron chi connectivity index (χ4n) is 5.02. The molecule has 1 saturated carbocycles. The van der Waals surface area contributed by atoms with Gasteiger partial charge in [0.25, 0.3) is 5.92 Å². The molecular formula is C25H27F2N5O. The standard InChI is InChI=1S/C25H27F2N5O/c1-30-10-9-22(25(26,27)14-30)32-15-31(2)21-13-28-20-7-3-16(11-19(20)24(21)32)17-4-8-23(29-12-17)33-18-5-6-18/h3-4,7-8,11-13,18,22H,5-6,9-10,14-15H2,1-2H3. The molecule has 3 aromatic rings. The molecular weight excluding hydrogens is 424 g/mol. The second kappa shape index (κ2) is 7.52. The minimum Gasteiger partial charge on any atom is -0.474 e. The van der Waals surface area contributed by atoms with E-state index in [0.29, 0.717) is 31.6 Å². The van der Waals surface area contributed by atoms with Crippen molar-refractivity contribution in [2.45, 2.75) is 37.3 Å². The molecule has 0 bridgehead atoms. The van der Waals surface area contributed by atoms with Crippen molar-refractivity contribution in [2.75, 3.05) is 43.7 Å². The van der Waals surface area contributed by atoms with Gasteiger partial charge < -0.3 is 19.4 Å². The number of benzene rings is 1. The molecule has 1 atom stereocenters. The second-order valence-corrected chi connectivity index (χ2v) is 9.54. The van der Waals surface area contributed by atoms with E-state index < -0.39 is 12.0 Å². The maximum atomic E-state index is 15.1. The van der Waals surface area contributed by atoms with Gasteiger partial charge in [-0.05, 0) is 50.1 Å². The molecule has 6 rings (SSSR count). The van der Waals surface area contributed by atoms with Crippen molar-refractivity contribution in [3.05, 3.63) is 42.7 Å². The Morgan fingerprint density at radius 1 is 1.00 bits per heavy atom. The van der Waals surface area contributed by atoms with Crippen LogP contribution in [0.5, 0.6) is 5.88 Å². The lowest BCUT2D eigenvalue weighted by molar-refractivity contribution is -0.0750. The van der Waals surface area contributed by atoms with Crippen molar-refractivity contribution >= 4 is 22.3 Å². The lowest BCUT2D eigenvalue weighted by atomic mass is 9.98. The molecule has 1 saturated heterocycles. The number of likely N-dealkylation sites (tertiary alicyclic amines) is 1. The number of hydrogen-bond donors (Lipinski definition) is 0. The second-order valence-electron chi connectivity index (χ2n) is 9.54. The first-order valence-electron chi connectivity index (χ1n) is 11.5. The summed E-state index contributed by atoms with van der Waals surface area (Å²) in [7, 11) is 3.70. The summed E-state index contributed by atoms with van der Waals surface area (Å²) < 4.78 is 36.0. The first-order chi connectivity index (χ1) is 15.9. The SMILES string of the molecule is CN1CCC(N2CN(C)c3cnc4ccc(-c5ccc(OC6CC6)nc5)cc4c32)C(F)(F)C1. The molecule has 8 heteroatoms. The largest absolute Gasteiger partial charge is 0.474 e. The zero-order valence-electron chi connectivity index (χ0n) is 18.8. The predicted molar refractivity (Wildman–Crippen MR) is 125 cm³/mol. The average Bonchev–Trinajstić information content (AvgIpc) is 3.54. The molecule has 0 N–H and O–H groups in total. The van der Waals surface area contributed by atoms with Crippen molar-refractivity contribution < 1.29 is 13.5 Å². The maximum absolute atomic E-state index is 15.1. The number of halogens is 2. The summed E-state index contributed by atoms with van der Waals surface area (Å²) in [4.78, 5) is 14.7. The zero-order valence-corrected chi connectivity index (χ0v) is 18.8. The minimum atomic E-state index is -2.79. The summed E-state index contributed by atoms with van der Waals surface area (Å²) >= 11 is 0. The molecule has 0 radical (unpaired) electrons. The van der Waals surface area contributed by atoms with Gasteiger partial charge in [-0.2, -0.15) is 0 Å². The minimum absolute atomic E-state index is 0.220. The van der Waals surface area contributed by atoms with Gasteiger partial charge in [0.15, 0.2) is 0 Å². The van der Waals surface area contributed by atoms with Crippen LogP contribution in [-0.2, 0) is 0 Å². The third kappa shape index (κ3) is 3.66. The first-order valence-corrected chi connectivity index (χ1v) is 11.5. The summed E-state index contributed by atoms with van der Waals surface area (Å²) in [5, 5.41) is 0.891. The fourth-order valence-corrected chi connectivity index (χ4v) is 5.02. The third-order valence-electron chi connectivity index (χ3n) is 6.89. The van der Waals surface area contributed by atoms with Crippen molar-refractivity contribution in [3.8, 4) is 17.0 Å². The highest BCUT2D eigenvalue weighted by molar-refractivity contribution is 6.02. The smallest absolute Gasteiger partial charge is 0.280 e. The van der Waals surface area contributed by atoms with Gasteiger partial charge in [0, 0.05) is 36.8 Å². The van der Waals surface area contributed by atoms with Gasteiger partial charge in [0.1, 0.15) is 6.10 Å². The van der Waals surface area contributed by atoms with E-state index in [0.717, 1.165) is 46.2 Å². The van der Waals surface area contributed by atoms with E-state index in [2.05, 4.69) is 16.0 Å². The monoisotopic (exact) mass is 451 g/mol. The van der Waals surface area contributed by atoms with E-state index in [9.17, 15) is 0 Å². The number of rotatable bonds is 4. The van der Waals surface area contributed by atoms with Crippen LogP contribution in [0.25, 0.3) is 22.0 Å². The number of hydrogen-bond acceptors (Lipinski definition) is 6. The number of fused-ring (bicyclic) bond motifs is 3. The van der Waals surface area contributed by atoms with Crippen molar-refractivity contribution in [1.82, 2.24) is 14.9 Å². The van der Waals surface area contributed by atoms with Gasteiger partial charge in [0.05, 0.1) is 42.3 Å². The topological polar surface area (TPSA) is 44.7 Å². The van der Waals surface area contributed by atoms with Crippen molar-refractivity contribution in [2.24, 2.45) is 0 Å². The van der Waals surface area contributed by atoms with Crippen LogP contribution < -0.4 is 14.5 Å². The van der Waals surface area contributed by atoms with E-state index in [1.165, 1.54) is 0 Å². The van der Waals surface area contributed by atoms with Gasteiger partial charge in [-0.25, -0.2) is 13.8 Å². The van der Waals surface area contributed by atoms with Crippen LogP contribution in [0.3, 0.4) is 0 Å². The average molecular weight is 452 g/mol. The first kappa shape index (κ1) is 20.6. The molecule has 6 nitrogen and oxygen atoms in total. The summed E-state index contributed by atoms with van der Waals surface area (Å²) in [6.07, 6.45) is 6.52. The van der Waals surface area contributed by atoms with E-state index >= 15 is 8.78 Å². The van der Waals surface area contributed by atoms with Crippen LogP contribution in [0.4, 0.5) is 20.2 Å². The van der Waals surface area contributed by atoms with Gasteiger partial charge in [-0.15, -0.1) is 0 Å². The molecule has 1 aliphatic carbocycles. The summed E-state index contributed by atoms with van der Waals surface area (Å²) in [5.74, 6) is -2.15. The molecule has 172 valence electrons. The highest BCUT2D eigenvalue weighted by Gasteiger charge is 2.49. The van der Waals surface area contributed by atoms with Crippen molar-refractivity contribution in [1.29, 1.82) is 0 Å². The molecule has 1 aromatic carbocycles. The van der Waals surface area contributed by atoms with Gasteiger partial charge in [-0.1, -0.05) is 6.07 Å². The number of anilines is 2. The number of pyridine rings is 2. The van der Waals surface area contributed by atoms with E-state index in [-0.39, 0.29) is 6.54 Å².